The van der Waals surface area contributed by atoms with E-state index in [0.29, 0.717) is 18.7 Å². The molecule has 5 nitrogen and oxygen atoms in total. The number of aliphatic hydroxyl groups is 1. The number of nitrogens with zero attached hydrogens (tertiary/aromatic N) is 2. The fraction of sp³-hybridized carbons (Fsp3) is 0.533. The second-order valence-corrected chi connectivity index (χ2v) is 7.70. The van der Waals surface area contributed by atoms with Gasteiger partial charge in [-0.3, -0.25) is 4.90 Å². The largest absolute Gasteiger partial charge is 0.392 e. The molecule has 114 valence electrons. The third-order valence-electron chi connectivity index (χ3n) is 4.02. The van der Waals surface area contributed by atoms with Gasteiger partial charge in [-0.15, -0.1) is 0 Å². The first-order valence-corrected chi connectivity index (χ1v) is 8.71. The summed E-state index contributed by atoms with van der Waals surface area (Å²) in [6.45, 7) is 3.78. The zero-order chi connectivity index (χ0) is 15.5. The maximum Gasteiger partial charge on any atom is 0.179 e. The molecule has 1 aliphatic heterocycles. The summed E-state index contributed by atoms with van der Waals surface area (Å²) >= 11 is 0. The van der Waals surface area contributed by atoms with Gasteiger partial charge < -0.3 is 5.11 Å². The van der Waals surface area contributed by atoms with Crippen LogP contribution >= 0.6 is 0 Å². The Kier molecular flexibility index (Phi) is 4.99. The lowest BCUT2D eigenvalue weighted by Gasteiger charge is -2.34. The highest BCUT2D eigenvalue weighted by molar-refractivity contribution is 7.91. The molecule has 2 rings (SSSR count). The molecule has 1 saturated heterocycles. The van der Waals surface area contributed by atoms with Crippen LogP contribution in [0.3, 0.4) is 0 Å². The molecule has 2 unspecified atom stereocenters. The molecular weight excluding hydrogens is 288 g/mol. The zero-order valence-electron chi connectivity index (χ0n) is 12.1. The van der Waals surface area contributed by atoms with E-state index in [1.54, 1.807) is 0 Å². The van der Waals surface area contributed by atoms with Gasteiger partial charge in [0.25, 0.3) is 0 Å². The normalized spacial score (nSPS) is 23.7. The van der Waals surface area contributed by atoms with E-state index >= 15 is 0 Å². The summed E-state index contributed by atoms with van der Waals surface area (Å²) in [6.07, 6.45) is 0.509. The van der Waals surface area contributed by atoms with Gasteiger partial charge in [-0.1, -0.05) is 6.92 Å². The lowest BCUT2D eigenvalue weighted by molar-refractivity contribution is 0.0319. The molecule has 2 atom stereocenters. The summed E-state index contributed by atoms with van der Waals surface area (Å²) < 4.78 is 24.5. The van der Waals surface area contributed by atoms with Crippen molar-refractivity contribution in [2.75, 3.05) is 25.4 Å². The van der Waals surface area contributed by atoms with Crippen LogP contribution in [-0.4, -0.2) is 49.9 Å². The lowest BCUT2D eigenvalue weighted by atomic mass is 9.96. The van der Waals surface area contributed by atoms with Gasteiger partial charge in [0.2, 0.25) is 0 Å². The molecule has 1 heterocycles. The number of rotatable bonds is 4. The minimum atomic E-state index is -3.35. The molecule has 21 heavy (non-hydrogen) atoms. The Morgan fingerprint density at radius 2 is 2.05 bits per heavy atom. The van der Waals surface area contributed by atoms with Crippen molar-refractivity contribution in [2.24, 2.45) is 5.92 Å². The van der Waals surface area contributed by atoms with Crippen molar-refractivity contribution in [2.45, 2.75) is 24.3 Å². The van der Waals surface area contributed by atoms with Crippen molar-refractivity contribution in [3.8, 4) is 6.07 Å². The van der Waals surface area contributed by atoms with E-state index < -0.39 is 9.84 Å². The van der Waals surface area contributed by atoms with Crippen LogP contribution in [-0.2, 0) is 9.84 Å². The van der Waals surface area contributed by atoms with Crippen molar-refractivity contribution in [1.82, 2.24) is 4.90 Å². The first kappa shape index (κ1) is 16.0. The smallest absolute Gasteiger partial charge is 0.179 e. The van der Waals surface area contributed by atoms with Crippen LogP contribution in [0.5, 0.6) is 0 Å². The van der Waals surface area contributed by atoms with Crippen LogP contribution in [0, 0.1) is 17.2 Å². The molecular formula is C15H20N2O3S. The summed E-state index contributed by atoms with van der Waals surface area (Å²) in [5.74, 6) is 0.302. The van der Waals surface area contributed by atoms with E-state index in [2.05, 4.69) is 0 Å². The van der Waals surface area contributed by atoms with Crippen LogP contribution in [0.2, 0.25) is 0 Å². The first-order valence-electron chi connectivity index (χ1n) is 7.06. The highest BCUT2D eigenvalue weighted by atomic mass is 32.2. The monoisotopic (exact) mass is 308 g/mol. The predicted octanol–water partition coefficient (Wildman–Crippen LogP) is 1.03. The van der Waals surface area contributed by atoms with Crippen molar-refractivity contribution < 1.29 is 13.5 Å². The quantitative estimate of drug-likeness (QED) is 0.898. The Morgan fingerprint density at radius 3 is 2.62 bits per heavy atom. The van der Waals surface area contributed by atoms with Gasteiger partial charge in [-0.05, 0) is 43.1 Å². The van der Waals surface area contributed by atoms with E-state index in [0.717, 1.165) is 13.0 Å². The van der Waals surface area contributed by atoms with Gasteiger partial charge in [0.1, 0.15) is 0 Å². The standard InChI is InChI=1S/C15H20N2O3S/c1-12-6-7-17(11-15(12)18)8-9-21(19,20)14-4-2-13(10-16)3-5-14/h2-5,12,15,18H,6-9,11H2,1H3. The number of likely N-dealkylation sites (tertiary alicyclic amines) is 1. The number of piperidine rings is 1. The van der Waals surface area contributed by atoms with E-state index in [-0.39, 0.29) is 22.7 Å². The van der Waals surface area contributed by atoms with Crippen LogP contribution in [0.25, 0.3) is 0 Å². The van der Waals surface area contributed by atoms with Crippen molar-refractivity contribution in [3.63, 3.8) is 0 Å². The number of hydrogen-bond donors (Lipinski definition) is 1. The molecule has 0 aliphatic carbocycles. The van der Waals surface area contributed by atoms with Crippen LogP contribution < -0.4 is 0 Å². The van der Waals surface area contributed by atoms with Crippen molar-refractivity contribution in [1.29, 1.82) is 5.26 Å². The highest BCUT2D eigenvalue weighted by Crippen LogP contribution is 2.18. The Bertz CT molecular complexity index is 619. The summed E-state index contributed by atoms with van der Waals surface area (Å²) in [4.78, 5) is 2.23. The third-order valence-corrected chi connectivity index (χ3v) is 5.73. The molecule has 0 amide bonds. The Balaban J connectivity index is 1.96. The second kappa shape index (κ2) is 6.56. The molecule has 0 spiro atoms. The minimum absolute atomic E-state index is 0.0278. The van der Waals surface area contributed by atoms with Crippen LogP contribution in [0.1, 0.15) is 18.9 Å². The van der Waals surface area contributed by atoms with Crippen molar-refractivity contribution in [3.05, 3.63) is 29.8 Å². The molecule has 1 aromatic carbocycles. The molecule has 0 bridgehead atoms. The molecule has 0 saturated carbocycles. The molecule has 1 aromatic rings. The topological polar surface area (TPSA) is 81.4 Å². The fourth-order valence-electron chi connectivity index (χ4n) is 2.42. The SMILES string of the molecule is CC1CCN(CCS(=O)(=O)c2ccc(C#N)cc2)CC1O. The highest BCUT2D eigenvalue weighted by Gasteiger charge is 2.25. The third kappa shape index (κ3) is 4.03. The summed E-state index contributed by atoms with van der Waals surface area (Å²) in [5.41, 5.74) is 0.446. The maximum atomic E-state index is 12.2. The average molecular weight is 308 g/mol. The predicted molar refractivity (Wildman–Crippen MR) is 79.4 cm³/mol. The molecule has 1 aliphatic rings. The second-order valence-electron chi connectivity index (χ2n) is 5.59. The number of nitriles is 1. The molecule has 1 N–H and O–H groups in total. The Labute approximate surface area is 125 Å². The first-order chi connectivity index (χ1) is 9.92. The van der Waals surface area contributed by atoms with Crippen LogP contribution in [0.15, 0.2) is 29.2 Å². The summed E-state index contributed by atoms with van der Waals surface area (Å²) in [7, 11) is -3.35. The number of benzene rings is 1. The number of aliphatic hydroxyl groups excluding tert-OH is 1. The van der Waals surface area contributed by atoms with E-state index in [1.165, 1.54) is 24.3 Å². The Morgan fingerprint density at radius 1 is 1.38 bits per heavy atom. The number of sulfone groups is 1. The average Bonchev–Trinajstić information content (AvgIpc) is 2.48. The van der Waals surface area contributed by atoms with E-state index in [1.807, 2.05) is 17.9 Å². The molecule has 0 radical (unpaired) electrons. The van der Waals surface area contributed by atoms with Gasteiger partial charge in [0, 0.05) is 13.1 Å². The summed E-state index contributed by atoms with van der Waals surface area (Å²) in [6, 6.07) is 7.94. The van der Waals surface area contributed by atoms with Gasteiger partial charge in [-0.2, -0.15) is 5.26 Å². The van der Waals surface area contributed by atoms with Gasteiger partial charge in [0.05, 0.1) is 28.4 Å². The van der Waals surface area contributed by atoms with Gasteiger partial charge in [0.15, 0.2) is 9.84 Å². The fourth-order valence-corrected chi connectivity index (χ4v) is 3.71. The van der Waals surface area contributed by atoms with E-state index in [4.69, 9.17) is 5.26 Å². The number of hydrogen-bond acceptors (Lipinski definition) is 5. The Hall–Kier alpha value is -1.42. The molecule has 6 heteroatoms. The maximum absolute atomic E-state index is 12.2. The summed E-state index contributed by atoms with van der Waals surface area (Å²) in [5, 5.41) is 18.6. The molecule has 0 aromatic heterocycles. The molecule has 1 fully saturated rings. The number of β-amino-alcohol motifs (C(OH)–C–C–N with tert-alkyl or cyclic N) is 1. The van der Waals surface area contributed by atoms with Crippen molar-refractivity contribution >= 4 is 9.84 Å². The van der Waals surface area contributed by atoms with E-state index in [9.17, 15) is 13.5 Å². The van der Waals surface area contributed by atoms with Crippen LogP contribution in [0.4, 0.5) is 0 Å². The minimum Gasteiger partial charge on any atom is -0.392 e. The van der Waals surface area contributed by atoms with Gasteiger partial charge in [-0.25, -0.2) is 8.42 Å². The lowest BCUT2D eigenvalue weighted by Crippen LogP contribution is -2.44. The van der Waals surface area contributed by atoms with Gasteiger partial charge >= 0.3 is 0 Å². The zero-order valence-corrected chi connectivity index (χ0v) is 12.9.